The van der Waals surface area contributed by atoms with Crippen LogP contribution in [0, 0.1) is 28.6 Å². The molecule has 0 heterocycles. The summed E-state index contributed by atoms with van der Waals surface area (Å²) in [6.45, 7) is 2.14. The Labute approximate surface area is 137 Å². The van der Waals surface area contributed by atoms with Crippen LogP contribution in [-0.2, 0) is 9.59 Å². The predicted octanol–water partition coefficient (Wildman–Crippen LogP) is 2.03. The van der Waals surface area contributed by atoms with Crippen molar-refractivity contribution in [1.29, 1.82) is 0 Å². The SMILES string of the molecule is C[C@]12CC[C@H]3[C@@H](CCC4=CC(=O)C(O)C[C@@]43CO)[C@@H]1CCC2=O. The third kappa shape index (κ3) is 1.91. The molecule has 2 N–H and O–H groups in total. The van der Waals surface area contributed by atoms with Crippen molar-refractivity contribution < 1.29 is 19.8 Å². The zero-order valence-electron chi connectivity index (χ0n) is 13.8. The zero-order chi connectivity index (χ0) is 16.4. The predicted molar refractivity (Wildman–Crippen MR) is 84.5 cm³/mol. The van der Waals surface area contributed by atoms with Crippen LogP contribution in [-0.4, -0.2) is 34.5 Å². The van der Waals surface area contributed by atoms with Gasteiger partial charge in [0, 0.05) is 17.3 Å². The molecule has 4 nitrogen and oxygen atoms in total. The molecular weight excluding hydrogens is 292 g/mol. The van der Waals surface area contributed by atoms with Gasteiger partial charge in [-0.05, 0) is 62.4 Å². The molecule has 0 bridgehead atoms. The van der Waals surface area contributed by atoms with E-state index in [1.54, 1.807) is 6.08 Å². The standard InChI is InChI=1S/C19H26O4/c1-18-7-6-14-12(13(18)4-5-17(18)23)3-2-11-8-15(21)16(22)9-19(11,14)10-20/h8,12-14,16,20,22H,2-7,9-10H2,1H3/t12-,13-,14-,16?,18-,19+/m0/s1. The third-order valence-electron chi connectivity index (χ3n) is 7.73. The van der Waals surface area contributed by atoms with Crippen LogP contribution in [0.3, 0.4) is 0 Å². The molecule has 0 spiro atoms. The first-order valence-electron chi connectivity index (χ1n) is 8.99. The van der Waals surface area contributed by atoms with Crippen LogP contribution >= 0.6 is 0 Å². The zero-order valence-corrected chi connectivity index (χ0v) is 13.8. The van der Waals surface area contributed by atoms with E-state index in [4.69, 9.17) is 0 Å². The van der Waals surface area contributed by atoms with Crippen LogP contribution in [0.25, 0.3) is 0 Å². The van der Waals surface area contributed by atoms with E-state index in [1.807, 2.05) is 0 Å². The van der Waals surface area contributed by atoms with E-state index in [0.717, 1.165) is 37.7 Å². The summed E-state index contributed by atoms with van der Waals surface area (Å²) in [5.74, 6) is 1.34. The van der Waals surface area contributed by atoms with Gasteiger partial charge in [-0.25, -0.2) is 0 Å². The molecule has 0 aliphatic heterocycles. The molecule has 23 heavy (non-hydrogen) atoms. The summed E-state index contributed by atoms with van der Waals surface area (Å²) in [5, 5.41) is 20.4. The molecule has 6 atom stereocenters. The van der Waals surface area contributed by atoms with Gasteiger partial charge in [0.2, 0.25) is 0 Å². The van der Waals surface area contributed by atoms with E-state index in [9.17, 15) is 19.8 Å². The number of hydrogen-bond donors (Lipinski definition) is 2. The summed E-state index contributed by atoms with van der Waals surface area (Å²) in [5.41, 5.74) is 0.426. The van der Waals surface area contributed by atoms with E-state index >= 15 is 0 Å². The van der Waals surface area contributed by atoms with Crippen molar-refractivity contribution in [3.63, 3.8) is 0 Å². The summed E-state index contributed by atoms with van der Waals surface area (Å²) >= 11 is 0. The highest BCUT2D eigenvalue weighted by molar-refractivity contribution is 5.95. The lowest BCUT2D eigenvalue weighted by molar-refractivity contribution is -0.137. The largest absolute Gasteiger partial charge is 0.395 e. The van der Waals surface area contributed by atoms with Crippen molar-refractivity contribution in [3.8, 4) is 0 Å². The minimum atomic E-state index is -0.983. The summed E-state index contributed by atoms with van der Waals surface area (Å²) in [7, 11) is 0. The molecule has 3 fully saturated rings. The fourth-order valence-electron chi connectivity index (χ4n) is 6.45. The summed E-state index contributed by atoms with van der Waals surface area (Å²) in [4.78, 5) is 24.3. The Morgan fingerprint density at radius 1 is 1.17 bits per heavy atom. The normalized spacial score (nSPS) is 49.3. The second-order valence-corrected chi connectivity index (χ2v) is 8.44. The molecule has 126 valence electrons. The maximum absolute atomic E-state index is 12.4. The van der Waals surface area contributed by atoms with Gasteiger partial charge >= 0.3 is 0 Å². The van der Waals surface area contributed by atoms with Gasteiger partial charge in [0.1, 0.15) is 11.9 Å². The number of carbonyl (C=O) groups excluding carboxylic acids is 2. The lowest BCUT2D eigenvalue weighted by atomic mass is 9.47. The maximum atomic E-state index is 12.4. The fourth-order valence-corrected chi connectivity index (χ4v) is 6.45. The Morgan fingerprint density at radius 3 is 2.70 bits per heavy atom. The van der Waals surface area contributed by atoms with Crippen LogP contribution in [0.1, 0.15) is 51.9 Å². The highest BCUT2D eigenvalue weighted by Gasteiger charge is 2.60. The molecule has 0 amide bonds. The molecule has 1 unspecified atom stereocenters. The average Bonchev–Trinajstić information content (AvgIpc) is 2.84. The van der Waals surface area contributed by atoms with Crippen LogP contribution in [0.5, 0.6) is 0 Å². The molecule has 0 saturated heterocycles. The maximum Gasteiger partial charge on any atom is 0.184 e. The average molecular weight is 318 g/mol. The van der Waals surface area contributed by atoms with Gasteiger partial charge < -0.3 is 10.2 Å². The van der Waals surface area contributed by atoms with E-state index in [0.29, 0.717) is 36.4 Å². The van der Waals surface area contributed by atoms with E-state index in [2.05, 4.69) is 6.92 Å². The molecule has 4 heteroatoms. The number of carbonyl (C=O) groups is 2. The van der Waals surface area contributed by atoms with Crippen molar-refractivity contribution >= 4 is 11.6 Å². The van der Waals surface area contributed by atoms with Crippen molar-refractivity contribution in [3.05, 3.63) is 11.6 Å². The van der Waals surface area contributed by atoms with E-state index in [-0.39, 0.29) is 17.8 Å². The second kappa shape index (κ2) is 5.00. The van der Waals surface area contributed by atoms with Gasteiger partial charge in [-0.2, -0.15) is 0 Å². The summed E-state index contributed by atoms with van der Waals surface area (Å²) < 4.78 is 0. The van der Waals surface area contributed by atoms with Gasteiger partial charge in [0.05, 0.1) is 6.61 Å². The van der Waals surface area contributed by atoms with Crippen molar-refractivity contribution in [1.82, 2.24) is 0 Å². The van der Waals surface area contributed by atoms with Crippen LogP contribution in [0.4, 0.5) is 0 Å². The van der Waals surface area contributed by atoms with Crippen LogP contribution < -0.4 is 0 Å². The van der Waals surface area contributed by atoms with Crippen LogP contribution in [0.2, 0.25) is 0 Å². The lowest BCUT2D eigenvalue weighted by Gasteiger charge is -2.57. The number of ketones is 2. The molecular formula is C19H26O4. The minimum absolute atomic E-state index is 0.00171. The molecule has 3 saturated carbocycles. The first-order valence-corrected chi connectivity index (χ1v) is 8.99. The fraction of sp³-hybridized carbons (Fsp3) is 0.789. The topological polar surface area (TPSA) is 74.6 Å². The highest BCUT2D eigenvalue weighted by atomic mass is 16.3. The monoisotopic (exact) mass is 318 g/mol. The molecule has 4 aliphatic carbocycles. The van der Waals surface area contributed by atoms with Crippen molar-refractivity contribution in [2.75, 3.05) is 6.61 Å². The minimum Gasteiger partial charge on any atom is -0.395 e. The molecule has 0 aromatic rings. The smallest absolute Gasteiger partial charge is 0.184 e. The molecule has 0 aromatic carbocycles. The highest BCUT2D eigenvalue weighted by Crippen LogP contribution is 2.64. The molecule has 4 aliphatic rings. The Hall–Kier alpha value is -1.00. The van der Waals surface area contributed by atoms with Gasteiger partial charge in [-0.1, -0.05) is 12.5 Å². The second-order valence-electron chi connectivity index (χ2n) is 8.44. The van der Waals surface area contributed by atoms with E-state index < -0.39 is 11.5 Å². The van der Waals surface area contributed by atoms with Gasteiger partial charge in [0.25, 0.3) is 0 Å². The Balaban J connectivity index is 1.74. The van der Waals surface area contributed by atoms with Crippen molar-refractivity contribution in [2.24, 2.45) is 28.6 Å². The lowest BCUT2D eigenvalue weighted by Crippen LogP contribution is -2.54. The molecule has 0 radical (unpaired) electrons. The summed E-state index contributed by atoms with van der Waals surface area (Å²) in [6.07, 6.45) is 6.28. The van der Waals surface area contributed by atoms with E-state index in [1.165, 1.54) is 0 Å². The number of aliphatic hydroxyl groups is 2. The number of Topliss-reactive ketones (excluding diaryl/α,β-unsaturated/α-hetero) is 1. The van der Waals surface area contributed by atoms with Gasteiger partial charge in [-0.3, -0.25) is 9.59 Å². The van der Waals surface area contributed by atoms with Crippen molar-refractivity contribution in [2.45, 2.75) is 58.0 Å². The van der Waals surface area contributed by atoms with Gasteiger partial charge in [-0.15, -0.1) is 0 Å². The number of fused-ring (bicyclic) bond motifs is 5. The number of aliphatic hydroxyl groups excluding tert-OH is 2. The number of hydrogen-bond acceptors (Lipinski definition) is 4. The first kappa shape index (κ1) is 15.5. The Bertz CT molecular complexity index is 594. The number of rotatable bonds is 1. The Morgan fingerprint density at radius 2 is 1.96 bits per heavy atom. The van der Waals surface area contributed by atoms with Gasteiger partial charge in [0.15, 0.2) is 5.78 Å². The molecule has 0 aromatic heterocycles. The summed E-state index contributed by atoms with van der Waals surface area (Å²) in [6, 6.07) is 0. The molecule has 4 rings (SSSR count). The first-order chi connectivity index (χ1) is 10.9. The van der Waals surface area contributed by atoms with Crippen LogP contribution in [0.15, 0.2) is 11.6 Å². The third-order valence-corrected chi connectivity index (χ3v) is 7.73. The Kier molecular flexibility index (Phi) is 3.37. The quantitative estimate of drug-likeness (QED) is 0.776.